The molecule has 26 heavy (non-hydrogen) atoms. The van der Waals surface area contributed by atoms with Crippen molar-refractivity contribution in [3.05, 3.63) is 35.4 Å². The van der Waals surface area contributed by atoms with Crippen molar-refractivity contribution >= 4 is 0 Å². The molecule has 2 saturated heterocycles. The second-order valence-corrected chi connectivity index (χ2v) is 9.09. The van der Waals surface area contributed by atoms with E-state index >= 15 is 0 Å². The minimum absolute atomic E-state index is 0.118. The van der Waals surface area contributed by atoms with Crippen LogP contribution in [0.3, 0.4) is 0 Å². The third-order valence-electron chi connectivity index (χ3n) is 7.41. The van der Waals surface area contributed by atoms with Gasteiger partial charge < -0.3 is 20.6 Å². The molecule has 1 aliphatic carbocycles. The Hall–Kier alpha value is -0.940. The van der Waals surface area contributed by atoms with Crippen molar-refractivity contribution in [2.75, 3.05) is 32.7 Å². The van der Waals surface area contributed by atoms with Crippen LogP contribution in [0.4, 0.5) is 0 Å². The van der Waals surface area contributed by atoms with Crippen molar-refractivity contribution in [3.63, 3.8) is 0 Å². The smallest absolute Gasteiger partial charge is 0.0830 e. The van der Waals surface area contributed by atoms with Crippen molar-refractivity contribution in [1.82, 2.24) is 9.80 Å². The lowest BCUT2D eigenvalue weighted by molar-refractivity contribution is 0.0216. The summed E-state index contributed by atoms with van der Waals surface area (Å²) in [5, 5.41) is 10.9. The molecule has 0 aromatic heterocycles. The van der Waals surface area contributed by atoms with E-state index in [4.69, 9.17) is 5.73 Å². The molecule has 144 valence electrons. The molecule has 4 nitrogen and oxygen atoms in total. The van der Waals surface area contributed by atoms with Gasteiger partial charge in [0, 0.05) is 18.0 Å². The fourth-order valence-corrected chi connectivity index (χ4v) is 5.63. The minimum atomic E-state index is -0.434. The van der Waals surface area contributed by atoms with Crippen LogP contribution < -0.4 is 5.73 Å². The number of piperidine rings is 2. The first-order valence-electron chi connectivity index (χ1n) is 10.5. The maximum atomic E-state index is 10.9. The maximum Gasteiger partial charge on any atom is 0.0830 e. The lowest BCUT2D eigenvalue weighted by Gasteiger charge is -2.44. The average molecular weight is 358 g/mol. The molecule has 0 amide bonds. The van der Waals surface area contributed by atoms with Crippen LogP contribution in [0.25, 0.3) is 0 Å². The number of benzene rings is 1. The van der Waals surface area contributed by atoms with E-state index in [2.05, 4.69) is 41.8 Å². The fraction of sp³-hybridized carbons (Fsp3) is 0.727. The summed E-state index contributed by atoms with van der Waals surface area (Å²) < 4.78 is 0. The van der Waals surface area contributed by atoms with Gasteiger partial charge in [0.05, 0.1) is 12.1 Å². The summed E-state index contributed by atoms with van der Waals surface area (Å²) in [6, 6.07) is 8.90. The molecule has 3 N–H and O–H groups in total. The number of aliphatic hydroxyl groups is 1. The first kappa shape index (κ1) is 18.4. The quantitative estimate of drug-likeness (QED) is 0.873. The van der Waals surface area contributed by atoms with Gasteiger partial charge in [-0.2, -0.15) is 0 Å². The van der Waals surface area contributed by atoms with Gasteiger partial charge in [-0.1, -0.05) is 24.3 Å². The van der Waals surface area contributed by atoms with Gasteiger partial charge in [-0.25, -0.2) is 0 Å². The van der Waals surface area contributed by atoms with Crippen LogP contribution in [0, 0.1) is 5.92 Å². The fourth-order valence-electron chi connectivity index (χ4n) is 5.63. The number of nitrogens with zero attached hydrogens (tertiary/aromatic N) is 2. The lowest BCUT2D eigenvalue weighted by Crippen LogP contribution is -2.50. The zero-order valence-corrected chi connectivity index (χ0v) is 16.4. The Bertz CT molecular complexity index is 616. The number of hydrogen-bond acceptors (Lipinski definition) is 4. The Morgan fingerprint density at radius 3 is 2.42 bits per heavy atom. The van der Waals surface area contributed by atoms with Crippen molar-refractivity contribution in [2.24, 2.45) is 11.7 Å². The second-order valence-electron chi connectivity index (χ2n) is 9.09. The van der Waals surface area contributed by atoms with E-state index in [1.54, 1.807) is 0 Å². The number of fused-ring (bicyclic) bond motifs is 2. The first-order valence-corrected chi connectivity index (χ1v) is 10.5. The number of hydrogen-bond donors (Lipinski definition) is 2. The summed E-state index contributed by atoms with van der Waals surface area (Å²) in [5.74, 6) is 0.835. The van der Waals surface area contributed by atoms with E-state index in [0.29, 0.717) is 6.04 Å². The van der Waals surface area contributed by atoms with Gasteiger partial charge >= 0.3 is 0 Å². The Labute approximate surface area is 158 Å². The summed E-state index contributed by atoms with van der Waals surface area (Å²) in [5.41, 5.74) is 8.70. The van der Waals surface area contributed by atoms with Crippen LogP contribution in [-0.4, -0.2) is 59.8 Å². The molecule has 0 radical (unpaired) electrons. The minimum Gasteiger partial charge on any atom is -0.390 e. The van der Waals surface area contributed by atoms with Gasteiger partial charge in [0.1, 0.15) is 0 Å². The zero-order chi connectivity index (χ0) is 18.3. The van der Waals surface area contributed by atoms with Crippen molar-refractivity contribution in [3.8, 4) is 0 Å². The summed E-state index contributed by atoms with van der Waals surface area (Å²) >= 11 is 0. The first-order chi connectivity index (χ1) is 12.5. The molecule has 3 aliphatic rings. The molecule has 1 aromatic rings. The molecule has 1 spiro atoms. The molecular formula is C22H35N3O. The van der Waals surface area contributed by atoms with Gasteiger partial charge in [0.2, 0.25) is 0 Å². The molecule has 0 unspecified atom stereocenters. The van der Waals surface area contributed by atoms with E-state index in [1.807, 2.05) is 6.07 Å². The molecule has 4 rings (SSSR count). The van der Waals surface area contributed by atoms with Crippen molar-refractivity contribution in [2.45, 2.75) is 63.1 Å². The van der Waals surface area contributed by atoms with Gasteiger partial charge in [-0.05, 0) is 82.8 Å². The summed E-state index contributed by atoms with van der Waals surface area (Å²) in [6.45, 7) is 10.5. The van der Waals surface area contributed by atoms with Crippen LogP contribution in [0.2, 0.25) is 0 Å². The van der Waals surface area contributed by atoms with Gasteiger partial charge in [0.25, 0.3) is 0 Å². The normalized spacial score (nSPS) is 30.2. The molecule has 2 fully saturated rings. The Balaban J connectivity index is 1.36. The van der Waals surface area contributed by atoms with E-state index in [9.17, 15) is 5.11 Å². The van der Waals surface area contributed by atoms with Crippen LogP contribution in [0.1, 0.15) is 56.7 Å². The van der Waals surface area contributed by atoms with Gasteiger partial charge in [-0.15, -0.1) is 0 Å². The van der Waals surface area contributed by atoms with Crippen molar-refractivity contribution in [1.29, 1.82) is 0 Å². The second kappa shape index (κ2) is 7.23. The molecule has 4 heteroatoms. The molecular weight excluding hydrogens is 322 g/mol. The summed E-state index contributed by atoms with van der Waals surface area (Å²) in [4.78, 5) is 5.25. The highest BCUT2D eigenvalue weighted by Crippen LogP contribution is 2.50. The predicted molar refractivity (Wildman–Crippen MR) is 106 cm³/mol. The van der Waals surface area contributed by atoms with Gasteiger partial charge in [-0.3, -0.25) is 0 Å². The molecule has 1 aromatic carbocycles. The summed E-state index contributed by atoms with van der Waals surface area (Å²) in [7, 11) is 0. The van der Waals surface area contributed by atoms with Crippen LogP contribution in [0.15, 0.2) is 24.3 Å². The predicted octanol–water partition coefficient (Wildman–Crippen LogP) is 2.51. The van der Waals surface area contributed by atoms with Crippen molar-refractivity contribution < 1.29 is 5.11 Å². The average Bonchev–Trinajstić information content (AvgIpc) is 2.87. The van der Waals surface area contributed by atoms with E-state index in [0.717, 1.165) is 37.4 Å². The van der Waals surface area contributed by atoms with E-state index in [1.165, 1.54) is 38.0 Å². The molecule has 2 atom stereocenters. The van der Waals surface area contributed by atoms with Crippen LogP contribution in [0.5, 0.6) is 0 Å². The monoisotopic (exact) mass is 357 g/mol. The number of rotatable bonds is 3. The Kier molecular flexibility index (Phi) is 5.13. The molecule has 2 heterocycles. The third kappa shape index (κ3) is 3.11. The zero-order valence-electron chi connectivity index (χ0n) is 16.4. The highest BCUT2D eigenvalue weighted by molar-refractivity contribution is 5.45. The Morgan fingerprint density at radius 1 is 1.12 bits per heavy atom. The van der Waals surface area contributed by atoms with E-state index < -0.39 is 6.10 Å². The SMILES string of the molecule is CC(C)N1CCC(CN2CCC3(CC2)c2ccccc2[C@@H](N)[C@@H]3O)CC1. The highest BCUT2D eigenvalue weighted by atomic mass is 16.3. The third-order valence-corrected chi connectivity index (χ3v) is 7.41. The van der Waals surface area contributed by atoms with Crippen LogP contribution >= 0.6 is 0 Å². The number of aliphatic hydroxyl groups excluding tert-OH is 1. The summed E-state index contributed by atoms with van der Waals surface area (Å²) in [6.07, 6.45) is 4.29. The van der Waals surface area contributed by atoms with Crippen LogP contribution in [-0.2, 0) is 5.41 Å². The lowest BCUT2D eigenvalue weighted by atomic mass is 9.72. The van der Waals surface area contributed by atoms with E-state index in [-0.39, 0.29) is 11.5 Å². The maximum absolute atomic E-state index is 10.9. The topological polar surface area (TPSA) is 52.7 Å². The standard InChI is InChI=1S/C22H35N3O/c1-16(2)25-11-7-17(8-12-25)15-24-13-9-22(10-14-24)19-6-4-3-5-18(19)20(23)21(22)26/h3-6,16-17,20-21,26H,7-15,23H2,1-2H3/t20-,21+/m1/s1. The largest absolute Gasteiger partial charge is 0.390 e. The molecule has 2 aliphatic heterocycles. The molecule has 0 saturated carbocycles. The Morgan fingerprint density at radius 2 is 1.77 bits per heavy atom. The van der Waals surface area contributed by atoms with Gasteiger partial charge in [0.15, 0.2) is 0 Å². The number of likely N-dealkylation sites (tertiary alicyclic amines) is 2. The molecule has 0 bridgehead atoms. The highest BCUT2D eigenvalue weighted by Gasteiger charge is 2.51. The number of nitrogens with two attached hydrogens (primary N) is 1.